The fourth-order valence-corrected chi connectivity index (χ4v) is 5.05. The van der Waals surface area contributed by atoms with Crippen molar-refractivity contribution in [3.63, 3.8) is 0 Å². The van der Waals surface area contributed by atoms with Gasteiger partial charge in [-0.25, -0.2) is 19.8 Å². The Morgan fingerprint density at radius 1 is 1.05 bits per heavy atom. The lowest BCUT2D eigenvalue weighted by atomic mass is 9.87. The Labute approximate surface area is 219 Å². The molecular weight excluding hydrogens is 478 g/mol. The van der Waals surface area contributed by atoms with Gasteiger partial charge in [0, 0.05) is 23.9 Å². The smallest absolute Gasteiger partial charge is 0.255 e. The van der Waals surface area contributed by atoms with E-state index in [1.54, 1.807) is 41.4 Å². The Hall–Kier alpha value is -4.55. The summed E-state index contributed by atoms with van der Waals surface area (Å²) in [6, 6.07) is 15.0. The van der Waals surface area contributed by atoms with Crippen molar-refractivity contribution < 1.29 is 4.74 Å². The quantitative estimate of drug-likeness (QED) is 0.338. The number of nitrogens with zero attached hydrogens (tertiary/aromatic N) is 6. The molecule has 0 atom stereocenters. The van der Waals surface area contributed by atoms with Crippen LogP contribution in [0.15, 0.2) is 71.9 Å². The van der Waals surface area contributed by atoms with E-state index in [1.165, 1.54) is 6.07 Å². The van der Waals surface area contributed by atoms with Crippen molar-refractivity contribution in [2.45, 2.75) is 38.3 Å². The highest BCUT2D eigenvalue weighted by Crippen LogP contribution is 2.25. The zero-order chi connectivity index (χ0) is 26.1. The van der Waals surface area contributed by atoms with Gasteiger partial charge in [0.1, 0.15) is 0 Å². The van der Waals surface area contributed by atoms with E-state index in [4.69, 9.17) is 17.0 Å². The number of aromatic nitrogens is 5. The van der Waals surface area contributed by atoms with Gasteiger partial charge in [0.05, 0.1) is 43.2 Å². The molecule has 1 aliphatic carbocycles. The second-order valence-electron chi connectivity index (χ2n) is 9.84. The molecule has 0 spiro atoms. The third-order valence-corrected chi connectivity index (χ3v) is 7.19. The van der Waals surface area contributed by atoms with Crippen LogP contribution in [0.1, 0.15) is 31.2 Å². The SMILES string of the molecule is [C-]#[N+]c1ccc2nc3n(Cc4cccc(-c5ncc(OCC6CCC(N)CC6)cn5)c4)c(=O)ccn3c2c1. The molecule has 6 rings (SSSR count). The van der Waals surface area contributed by atoms with Gasteiger partial charge in [-0.1, -0.05) is 24.3 Å². The lowest BCUT2D eigenvalue weighted by Crippen LogP contribution is -2.28. The molecular formula is C29H27N7O2. The van der Waals surface area contributed by atoms with Gasteiger partial charge >= 0.3 is 0 Å². The van der Waals surface area contributed by atoms with Gasteiger partial charge in [0.15, 0.2) is 17.3 Å². The number of hydrogen-bond donors (Lipinski definition) is 1. The Bertz CT molecular complexity index is 1710. The molecule has 3 aromatic heterocycles. The monoisotopic (exact) mass is 505 g/mol. The predicted octanol–water partition coefficient (Wildman–Crippen LogP) is 4.60. The van der Waals surface area contributed by atoms with Gasteiger partial charge in [0.2, 0.25) is 5.78 Å². The molecule has 3 heterocycles. The van der Waals surface area contributed by atoms with Crippen molar-refractivity contribution in [1.82, 2.24) is 23.9 Å². The molecule has 2 N–H and O–H groups in total. The number of ether oxygens (including phenoxy) is 1. The van der Waals surface area contributed by atoms with Crippen LogP contribution in [0.3, 0.4) is 0 Å². The molecule has 9 nitrogen and oxygen atoms in total. The van der Waals surface area contributed by atoms with E-state index in [1.807, 2.05) is 28.7 Å². The summed E-state index contributed by atoms with van der Waals surface area (Å²) in [5.41, 5.74) is 9.67. The molecule has 0 aliphatic heterocycles. The van der Waals surface area contributed by atoms with Gasteiger partial charge in [-0.15, -0.1) is 0 Å². The first-order valence-corrected chi connectivity index (χ1v) is 12.8. The van der Waals surface area contributed by atoms with E-state index in [-0.39, 0.29) is 5.56 Å². The summed E-state index contributed by atoms with van der Waals surface area (Å²) >= 11 is 0. The zero-order valence-corrected chi connectivity index (χ0v) is 20.8. The fourth-order valence-electron chi connectivity index (χ4n) is 5.05. The molecule has 9 heteroatoms. The average Bonchev–Trinajstić information content (AvgIpc) is 3.33. The van der Waals surface area contributed by atoms with Crippen LogP contribution in [-0.4, -0.2) is 36.6 Å². The summed E-state index contributed by atoms with van der Waals surface area (Å²) in [6.45, 7) is 8.29. The lowest BCUT2D eigenvalue weighted by Gasteiger charge is -2.25. The van der Waals surface area contributed by atoms with Gasteiger partial charge in [-0.2, -0.15) is 0 Å². The summed E-state index contributed by atoms with van der Waals surface area (Å²) < 4.78 is 9.42. The van der Waals surface area contributed by atoms with Crippen LogP contribution in [0.2, 0.25) is 0 Å². The number of nitrogens with two attached hydrogens (primary N) is 1. The number of benzene rings is 2. The Morgan fingerprint density at radius 2 is 1.87 bits per heavy atom. The highest BCUT2D eigenvalue weighted by atomic mass is 16.5. The van der Waals surface area contributed by atoms with Gasteiger partial charge in [-0.05, 0) is 55.4 Å². The molecule has 1 fully saturated rings. The summed E-state index contributed by atoms with van der Waals surface area (Å²) in [5, 5.41) is 0. The minimum Gasteiger partial charge on any atom is -0.490 e. The van der Waals surface area contributed by atoms with Crippen LogP contribution in [0, 0.1) is 12.5 Å². The maximum absolute atomic E-state index is 12.8. The van der Waals surface area contributed by atoms with Crippen LogP contribution >= 0.6 is 0 Å². The number of imidazole rings is 1. The van der Waals surface area contributed by atoms with Crippen LogP contribution < -0.4 is 16.0 Å². The molecule has 0 radical (unpaired) electrons. The van der Waals surface area contributed by atoms with Gasteiger partial charge in [0.25, 0.3) is 5.56 Å². The van der Waals surface area contributed by atoms with E-state index >= 15 is 0 Å². The van der Waals surface area contributed by atoms with E-state index in [0.717, 1.165) is 47.8 Å². The van der Waals surface area contributed by atoms with E-state index in [9.17, 15) is 4.79 Å². The molecule has 5 aromatic rings. The van der Waals surface area contributed by atoms with Crippen LogP contribution in [-0.2, 0) is 6.54 Å². The van der Waals surface area contributed by atoms with E-state index < -0.39 is 0 Å². The van der Waals surface area contributed by atoms with Crippen molar-refractivity contribution in [3.05, 3.63) is 94.5 Å². The van der Waals surface area contributed by atoms with E-state index in [0.29, 0.717) is 48.2 Å². The molecule has 2 aromatic carbocycles. The summed E-state index contributed by atoms with van der Waals surface area (Å²) in [6.07, 6.45) is 9.43. The topological polar surface area (TPSA) is 105 Å². The minimum absolute atomic E-state index is 0.152. The molecule has 0 saturated heterocycles. The first-order chi connectivity index (χ1) is 18.6. The second kappa shape index (κ2) is 10.1. The van der Waals surface area contributed by atoms with Gasteiger partial charge < -0.3 is 10.5 Å². The molecule has 190 valence electrons. The van der Waals surface area contributed by atoms with Crippen molar-refractivity contribution in [3.8, 4) is 17.1 Å². The largest absolute Gasteiger partial charge is 0.490 e. The third-order valence-electron chi connectivity index (χ3n) is 7.19. The third kappa shape index (κ3) is 4.74. The van der Waals surface area contributed by atoms with Crippen LogP contribution in [0.4, 0.5) is 5.69 Å². The molecule has 0 bridgehead atoms. The standard InChI is InChI=1S/C29H27N7O2/c1-31-23-9-10-25-26(14-23)35-12-11-27(37)36(29(35)34-25)17-20-3-2-4-21(13-20)28-32-15-24(16-33-28)38-18-19-5-7-22(30)8-6-19/h2-4,9-16,19,22H,5-8,17-18,30H2. The molecule has 0 amide bonds. The highest BCUT2D eigenvalue weighted by molar-refractivity contribution is 5.83. The Morgan fingerprint density at radius 3 is 2.66 bits per heavy atom. The average molecular weight is 506 g/mol. The summed E-state index contributed by atoms with van der Waals surface area (Å²) in [4.78, 5) is 30.1. The lowest BCUT2D eigenvalue weighted by molar-refractivity contribution is 0.199. The maximum Gasteiger partial charge on any atom is 0.255 e. The predicted molar refractivity (Wildman–Crippen MR) is 145 cm³/mol. The number of hydrogen-bond acceptors (Lipinski definition) is 6. The number of rotatable bonds is 6. The molecule has 1 saturated carbocycles. The first-order valence-electron chi connectivity index (χ1n) is 12.8. The second-order valence-corrected chi connectivity index (χ2v) is 9.84. The number of fused-ring (bicyclic) bond motifs is 3. The Balaban J connectivity index is 1.22. The summed E-state index contributed by atoms with van der Waals surface area (Å²) in [7, 11) is 0. The molecule has 38 heavy (non-hydrogen) atoms. The highest BCUT2D eigenvalue weighted by Gasteiger charge is 2.19. The molecule has 1 aliphatic rings. The van der Waals surface area contributed by atoms with Crippen molar-refractivity contribution in [2.75, 3.05) is 6.61 Å². The first kappa shape index (κ1) is 23.8. The summed E-state index contributed by atoms with van der Waals surface area (Å²) in [5.74, 6) is 2.30. The molecule has 0 unspecified atom stereocenters. The normalized spacial score (nSPS) is 17.5. The van der Waals surface area contributed by atoms with Crippen molar-refractivity contribution in [1.29, 1.82) is 0 Å². The van der Waals surface area contributed by atoms with E-state index in [2.05, 4.69) is 19.8 Å². The minimum atomic E-state index is -0.152. The maximum atomic E-state index is 12.8. The van der Waals surface area contributed by atoms with Crippen LogP contribution in [0.25, 0.3) is 33.0 Å². The Kier molecular flexibility index (Phi) is 6.32. The van der Waals surface area contributed by atoms with Crippen molar-refractivity contribution in [2.24, 2.45) is 11.7 Å². The zero-order valence-electron chi connectivity index (χ0n) is 20.8. The fraction of sp³-hybridized carbons (Fsp3) is 0.276. The van der Waals surface area contributed by atoms with Crippen LogP contribution in [0.5, 0.6) is 5.75 Å². The van der Waals surface area contributed by atoms with Gasteiger partial charge in [-0.3, -0.25) is 13.8 Å². The van der Waals surface area contributed by atoms with Crippen molar-refractivity contribution >= 4 is 22.5 Å².